The van der Waals surface area contributed by atoms with E-state index < -0.39 is 4.92 Å². The van der Waals surface area contributed by atoms with E-state index in [1.165, 1.54) is 12.1 Å². The van der Waals surface area contributed by atoms with Crippen LogP contribution in [-0.4, -0.2) is 41.5 Å². The van der Waals surface area contributed by atoms with Gasteiger partial charge < -0.3 is 15.5 Å². The molecule has 29 heavy (non-hydrogen) atoms. The second-order valence-electron chi connectivity index (χ2n) is 6.50. The molecule has 8 nitrogen and oxygen atoms in total. The van der Waals surface area contributed by atoms with Gasteiger partial charge in [0.05, 0.1) is 16.5 Å². The maximum absolute atomic E-state index is 10.7. The molecule has 0 spiro atoms. The Labute approximate surface area is 191 Å². The maximum Gasteiger partial charge on any atom is 0.269 e. The first-order valence-electron chi connectivity index (χ1n) is 9.20. The first kappa shape index (κ1) is 23.1. The summed E-state index contributed by atoms with van der Waals surface area (Å²) < 4.78 is 0. The first-order valence-corrected chi connectivity index (χ1v) is 9.58. The van der Waals surface area contributed by atoms with E-state index in [-0.39, 0.29) is 35.7 Å². The van der Waals surface area contributed by atoms with Crippen LogP contribution in [0.25, 0.3) is 0 Å². The monoisotopic (exact) mass is 530 g/mol. The number of hydrogen-bond donors (Lipinski definition) is 2. The number of hydrogen-bond acceptors (Lipinski definition) is 5. The van der Waals surface area contributed by atoms with E-state index in [9.17, 15) is 10.1 Å². The van der Waals surface area contributed by atoms with Gasteiger partial charge in [-0.25, -0.2) is 9.98 Å². The van der Waals surface area contributed by atoms with E-state index in [0.29, 0.717) is 11.6 Å². The summed E-state index contributed by atoms with van der Waals surface area (Å²) in [6, 6.07) is 10.4. The number of aromatic nitrogens is 1. The number of guanidine groups is 1. The van der Waals surface area contributed by atoms with Crippen molar-refractivity contribution in [2.24, 2.45) is 4.99 Å². The summed E-state index contributed by atoms with van der Waals surface area (Å²) in [5.74, 6) is 1.53. The fourth-order valence-corrected chi connectivity index (χ4v) is 3.33. The fourth-order valence-electron chi connectivity index (χ4n) is 3.09. The molecule has 10 heteroatoms. The van der Waals surface area contributed by atoms with Crippen molar-refractivity contribution in [1.82, 2.24) is 15.6 Å². The molecular weight excluding hydrogens is 507 g/mol. The molecule has 156 valence electrons. The highest BCUT2D eigenvalue weighted by molar-refractivity contribution is 14.0. The van der Waals surface area contributed by atoms with Gasteiger partial charge in [-0.1, -0.05) is 23.7 Å². The number of nitro groups is 1. The van der Waals surface area contributed by atoms with Crippen molar-refractivity contribution in [3.63, 3.8) is 0 Å². The Hall–Kier alpha value is -2.14. The third-order valence-electron chi connectivity index (χ3n) is 4.48. The number of anilines is 1. The molecule has 2 aromatic rings. The first-order chi connectivity index (χ1) is 13.6. The molecule has 2 heterocycles. The summed E-state index contributed by atoms with van der Waals surface area (Å²) in [5.41, 5.74) is 0.994. The highest BCUT2D eigenvalue weighted by Gasteiger charge is 2.25. The van der Waals surface area contributed by atoms with Gasteiger partial charge in [-0.05, 0) is 31.0 Å². The molecule has 3 rings (SSSR count). The number of rotatable bonds is 6. The van der Waals surface area contributed by atoms with Crippen LogP contribution in [0.15, 0.2) is 47.6 Å². The zero-order valence-corrected chi connectivity index (χ0v) is 19.1. The summed E-state index contributed by atoms with van der Waals surface area (Å²) in [7, 11) is 0. The molecule has 1 aliphatic heterocycles. The van der Waals surface area contributed by atoms with E-state index in [2.05, 4.69) is 25.5 Å². The van der Waals surface area contributed by atoms with Gasteiger partial charge in [0, 0.05) is 44.0 Å². The van der Waals surface area contributed by atoms with Gasteiger partial charge in [-0.2, -0.15) is 0 Å². The molecule has 2 N–H and O–H groups in total. The second-order valence-corrected chi connectivity index (χ2v) is 6.91. The molecule has 1 saturated heterocycles. The minimum absolute atomic E-state index is 0. The summed E-state index contributed by atoms with van der Waals surface area (Å²) in [6.07, 6.45) is 2.70. The normalized spacial score (nSPS) is 16.3. The number of nitrogens with one attached hydrogen (secondary N) is 2. The Morgan fingerprint density at radius 3 is 2.79 bits per heavy atom. The van der Waals surface area contributed by atoms with Gasteiger partial charge in [-0.3, -0.25) is 10.1 Å². The van der Waals surface area contributed by atoms with Crippen molar-refractivity contribution in [3.8, 4) is 0 Å². The second kappa shape index (κ2) is 11.1. The number of pyridine rings is 1. The van der Waals surface area contributed by atoms with Crippen LogP contribution in [0.1, 0.15) is 18.9 Å². The standard InChI is InChI=1S/C19H23ClN6O2.HI/c1-2-21-19(23-12-14-5-7-16(8-6-14)26(27)28)24-15-9-11-25(13-15)18-17(20)4-3-10-22-18;/h3-8,10,15H,2,9,11-13H2,1H3,(H2,21,23,24);1H. The highest BCUT2D eigenvalue weighted by Crippen LogP contribution is 2.25. The van der Waals surface area contributed by atoms with Gasteiger partial charge in [0.25, 0.3) is 5.69 Å². The van der Waals surface area contributed by atoms with Crippen LogP contribution in [0.3, 0.4) is 0 Å². The van der Waals surface area contributed by atoms with Gasteiger partial charge in [0.2, 0.25) is 0 Å². The van der Waals surface area contributed by atoms with Crippen LogP contribution >= 0.6 is 35.6 Å². The van der Waals surface area contributed by atoms with Crippen molar-refractivity contribution >= 4 is 53.0 Å². The third-order valence-corrected chi connectivity index (χ3v) is 4.77. The fraction of sp³-hybridized carbons (Fsp3) is 0.368. The van der Waals surface area contributed by atoms with Crippen LogP contribution in [0.5, 0.6) is 0 Å². The van der Waals surface area contributed by atoms with Crippen molar-refractivity contribution in [2.75, 3.05) is 24.5 Å². The molecule has 1 fully saturated rings. The number of aliphatic imine (C=N–C) groups is 1. The zero-order valence-electron chi connectivity index (χ0n) is 16.0. The molecule has 1 atom stereocenters. The molecule has 0 saturated carbocycles. The Balaban J connectivity index is 0.00000300. The summed E-state index contributed by atoms with van der Waals surface area (Å²) in [5, 5.41) is 18.1. The molecule has 0 amide bonds. The Bertz CT molecular complexity index is 849. The quantitative estimate of drug-likeness (QED) is 0.195. The lowest BCUT2D eigenvalue weighted by Gasteiger charge is -2.20. The third kappa shape index (κ3) is 6.43. The number of halogens is 2. The van der Waals surface area contributed by atoms with Crippen LogP contribution in [0.2, 0.25) is 5.02 Å². The highest BCUT2D eigenvalue weighted by atomic mass is 127. The minimum atomic E-state index is -0.404. The van der Waals surface area contributed by atoms with Gasteiger partial charge in [0.15, 0.2) is 5.96 Å². The zero-order chi connectivity index (χ0) is 19.9. The molecule has 1 aliphatic rings. The minimum Gasteiger partial charge on any atom is -0.357 e. The van der Waals surface area contributed by atoms with Crippen LogP contribution < -0.4 is 15.5 Å². The number of nitro benzene ring substituents is 1. The van der Waals surface area contributed by atoms with E-state index in [4.69, 9.17) is 11.6 Å². The lowest BCUT2D eigenvalue weighted by Crippen LogP contribution is -2.44. The van der Waals surface area contributed by atoms with E-state index in [1.807, 2.05) is 19.1 Å². The van der Waals surface area contributed by atoms with Crippen molar-refractivity contribution < 1.29 is 4.92 Å². The predicted octanol–water partition coefficient (Wildman–Crippen LogP) is 3.60. The Kier molecular flexibility index (Phi) is 8.90. The van der Waals surface area contributed by atoms with Gasteiger partial charge >= 0.3 is 0 Å². The average molecular weight is 531 g/mol. The topological polar surface area (TPSA) is 95.7 Å². The summed E-state index contributed by atoms with van der Waals surface area (Å²) >= 11 is 6.25. The molecule has 1 aromatic carbocycles. The molecule has 1 aromatic heterocycles. The van der Waals surface area contributed by atoms with Crippen LogP contribution in [-0.2, 0) is 6.54 Å². The van der Waals surface area contributed by atoms with Crippen molar-refractivity contribution in [1.29, 1.82) is 0 Å². The predicted molar refractivity (Wildman–Crippen MR) is 126 cm³/mol. The molecule has 0 aliphatic carbocycles. The lowest BCUT2D eigenvalue weighted by molar-refractivity contribution is -0.384. The van der Waals surface area contributed by atoms with Gasteiger partial charge in [0.1, 0.15) is 5.82 Å². The maximum atomic E-state index is 10.7. The molecular formula is C19H24ClIN6O2. The molecule has 0 bridgehead atoms. The number of nitrogens with zero attached hydrogens (tertiary/aromatic N) is 4. The van der Waals surface area contributed by atoms with Gasteiger partial charge in [-0.15, -0.1) is 24.0 Å². The van der Waals surface area contributed by atoms with Crippen LogP contribution in [0.4, 0.5) is 11.5 Å². The lowest BCUT2D eigenvalue weighted by atomic mass is 10.2. The summed E-state index contributed by atoms with van der Waals surface area (Å²) in [6.45, 7) is 4.86. The number of non-ortho nitro benzene ring substituents is 1. The SMILES string of the molecule is CCNC(=NCc1ccc([N+](=O)[O-])cc1)NC1CCN(c2ncccc2Cl)C1.I. The molecule has 1 unspecified atom stereocenters. The Morgan fingerprint density at radius 2 is 2.14 bits per heavy atom. The average Bonchev–Trinajstić information content (AvgIpc) is 3.15. The summed E-state index contributed by atoms with van der Waals surface area (Å²) in [4.78, 5) is 21.5. The van der Waals surface area contributed by atoms with Crippen molar-refractivity contribution in [2.45, 2.75) is 25.9 Å². The largest absolute Gasteiger partial charge is 0.357 e. The van der Waals surface area contributed by atoms with E-state index in [1.54, 1.807) is 18.3 Å². The Morgan fingerprint density at radius 1 is 1.38 bits per heavy atom. The smallest absolute Gasteiger partial charge is 0.269 e. The van der Waals surface area contributed by atoms with E-state index >= 15 is 0 Å². The molecule has 0 radical (unpaired) electrons. The van der Waals surface area contributed by atoms with Crippen LogP contribution in [0, 0.1) is 10.1 Å². The number of benzene rings is 1. The van der Waals surface area contributed by atoms with Crippen molar-refractivity contribution in [3.05, 3.63) is 63.3 Å². The van der Waals surface area contributed by atoms with E-state index in [0.717, 1.165) is 43.4 Å².